The summed E-state index contributed by atoms with van der Waals surface area (Å²) in [5.41, 5.74) is -0.472. The van der Waals surface area contributed by atoms with Crippen molar-refractivity contribution in [1.29, 1.82) is 0 Å². The van der Waals surface area contributed by atoms with Gasteiger partial charge in [0, 0.05) is 31.7 Å². The molecule has 1 amide bonds. The van der Waals surface area contributed by atoms with Crippen molar-refractivity contribution >= 4 is 36.0 Å². The van der Waals surface area contributed by atoms with E-state index in [2.05, 4.69) is 20.9 Å². The molecule has 182 valence electrons. The van der Waals surface area contributed by atoms with Crippen molar-refractivity contribution in [2.24, 2.45) is 4.99 Å². The lowest BCUT2D eigenvalue weighted by Crippen LogP contribution is -2.48. The second-order valence-electron chi connectivity index (χ2n) is 8.72. The summed E-state index contributed by atoms with van der Waals surface area (Å²) >= 11 is 0. The number of alkyl carbamates (subject to hydrolysis) is 1. The second kappa shape index (κ2) is 14.3. The van der Waals surface area contributed by atoms with E-state index in [4.69, 9.17) is 14.2 Å². The monoisotopic (exact) mass is 562 g/mol. The summed E-state index contributed by atoms with van der Waals surface area (Å²) < 4.78 is 16.3. The van der Waals surface area contributed by atoms with Gasteiger partial charge in [0.2, 0.25) is 0 Å². The molecule has 0 aliphatic heterocycles. The van der Waals surface area contributed by atoms with Gasteiger partial charge in [-0.1, -0.05) is 6.07 Å². The number of amides is 1. The minimum atomic E-state index is -0.472. The molecule has 0 bridgehead atoms. The lowest BCUT2D eigenvalue weighted by molar-refractivity contribution is 0.0490. The number of guanidine groups is 1. The third kappa shape index (κ3) is 11.1. The fourth-order valence-electron chi connectivity index (χ4n) is 3.40. The van der Waals surface area contributed by atoms with Crippen LogP contribution in [0.25, 0.3) is 0 Å². The van der Waals surface area contributed by atoms with Gasteiger partial charge < -0.3 is 30.2 Å². The number of carbonyl (C=O) groups is 1. The molecule has 1 aliphatic carbocycles. The minimum absolute atomic E-state index is 0. The first-order chi connectivity index (χ1) is 14.8. The second-order valence-corrected chi connectivity index (χ2v) is 8.72. The number of carbonyl (C=O) groups excluding carboxylic acids is 1. The molecule has 0 heterocycles. The summed E-state index contributed by atoms with van der Waals surface area (Å²) in [5.74, 6) is 2.39. The fraction of sp³-hybridized carbons (Fsp3) is 0.652. The molecule has 0 aromatic heterocycles. The molecule has 1 aromatic carbocycles. The molecule has 1 saturated carbocycles. The summed E-state index contributed by atoms with van der Waals surface area (Å²) in [6.07, 6.45) is 4.30. The molecule has 1 aliphatic rings. The highest BCUT2D eigenvalue weighted by atomic mass is 127. The van der Waals surface area contributed by atoms with Gasteiger partial charge in [0.05, 0.1) is 13.7 Å². The zero-order chi connectivity index (χ0) is 22.7. The quantitative estimate of drug-likeness (QED) is 0.192. The molecule has 2 rings (SSSR count). The number of methoxy groups -OCH3 is 1. The van der Waals surface area contributed by atoms with Gasteiger partial charge in [-0.15, -0.1) is 24.0 Å². The number of benzene rings is 1. The van der Waals surface area contributed by atoms with E-state index in [1.54, 1.807) is 14.2 Å². The summed E-state index contributed by atoms with van der Waals surface area (Å²) in [4.78, 5) is 16.2. The van der Waals surface area contributed by atoms with Crippen molar-refractivity contribution in [3.63, 3.8) is 0 Å². The Morgan fingerprint density at radius 1 is 1.09 bits per heavy atom. The Kier molecular flexibility index (Phi) is 12.6. The van der Waals surface area contributed by atoms with E-state index in [1.807, 2.05) is 45.0 Å². The van der Waals surface area contributed by atoms with Crippen molar-refractivity contribution in [1.82, 2.24) is 16.0 Å². The van der Waals surface area contributed by atoms with Crippen LogP contribution in [-0.2, 0) is 4.74 Å². The van der Waals surface area contributed by atoms with Crippen LogP contribution in [0.4, 0.5) is 4.79 Å². The molecule has 0 atom stereocenters. The van der Waals surface area contributed by atoms with Gasteiger partial charge in [-0.3, -0.25) is 4.99 Å². The van der Waals surface area contributed by atoms with Crippen LogP contribution in [0.5, 0.6) is 11.5 Å². The predicted molar refractivity (Wildman–Crippen MR) is 138 cm³/mol. The van der Waals surface area contributed by atoms with Crippen LogP contribution in [0, 0.1) is 0 Å². The maximum atomic E-state index is 11.9. The fourth-order valence-corrected chi connectivity index (χ4v) is 3.40. The number of nitrogens with zero attached hydrogens (tertiary/aromatic N) is 1. The largest absolute Gasteiger partial charge is 0.497 e. The van der Waals surface area contributed by atoms with Gasteiger partial charge in [0.15, 0.2) is 5.96 Å². The highest BCUT2D eigenvalue weighted by Crippen LogP contribution is 2.20. The Morgan fingerprint density at radius 2 is 1.72 bits per heavy atom. The number of nitrogens with one attached hydrogen (secondary N) is 3. The van der Waals surface area contributed by atoms with Gasteiger partial charge in [0.25, 0.3) is 0 Å². The molecule has 1 aromatic rings. The Balaban J connectivity index is 0.00000512. The summed E-state index contributed by atoms with van der Waals surface area (Å²) in [6.45, 7) is 6.99. The third-order valence-corrected chi connectivity index (χ3v) is 4.94. The molecule has 9 heteroatoms. The predicted octanol–water partition coefficient (Wildman–Crippen LogP) is 4.08. The first-order valence-corrected chi connectivity index (χ1v) is 11.0. The average Bonchev–Trinajstić information content (AvgIpc) is 2.72. The number of ether oxygens (including phenoxy) is 3. The molecular weight excluding hydrogens is 523 g/mol. The lowest BCUT2D eigenvalue weighted by Gasteiger charge is -2.31. The van der Waals surface area contributed by atoms with Crippen LogP contribution < -0.4 is 25.4 Å². The molecule has 3 N–H and O–H groups in total. The van der Waals surface area contributed by atoms with E-state index >= 15 is 0 Å². The Bertz CT molecular complexity index is 716. The highest BCUT2D eigenvalue weighted by molar-refractivity contribution is 14.0. The summed E-state index contributed by atoms with van der Waals surface area (Å²) in [7, 11) is 3.42. The van der Waals surface area contributed by atoms with Crippen molar-refractivity contribution in [3.8, 4) is 11.5 Å². The van der Waals surface area contributed by atoms with Crippen molar-refractivity contribution < 1.29 is 19.0 Å². The summed E-state index contributed by atoms with van der Waals surface area (Å²) in [5, 5.41) is 9.79. The lowest BCUT2D eigenvalue weighted by atomic mass is 9.91. The van der Waals surface area contributed by atoms with Crippen molar-refractivity contribution in [3.05, 3.63) is 24.3 Å². The van der Waals surface area contributed by atoms with Gasteiger partial charge in [-0.2, -0.15) is 0 Å². The van der Waals surface area contributed by atoms with E-state index < -0.39 is 5.60 Å². The number of hydrogen-bond acceptors (Lipinski definition) is 5. The molecule has 0 unspecified atom stereocenters. The minimum Gasteiger partial charge on any atom is -0.497 e. The standard InChI is InChI=1S/C23H38N4O4.HI/c1-23(2,3)31-22(28)27-18-12-10-17(11-13-18)26-21(24-4)25-14-7-15-30-20-9-6-8-19(16-20)29-5;/h6,8-9,16-18H,7,10-15H2,1-5H3,(H,27,28)(H2,24,25,26);1H. The number of aliphatic imine (C=N–C) groups is 1. The SMILES string of the molecule is CN=C(NCCCOc1cccc(OC)c1)NC1CCC(NC(=O)OC(C)(C)C)CC1.I. The van der Waals surface area contributed by atoms with Crippen LogP contribution in [0.15, 0.2) is 29.3 Å². The van der Waals surface area contributed by atoms with Crippen LogP contribution in [0.1, 0.15) is 52.9 Å². The smallest absolute Gasteiger partial charge is 0.407 e. The van der Waals surface area contributed by atoms with Crippen LogP contribution in [0.3, 0.4) is 0 Å². The third-order valence-electron chi connectivity index (χ3n) is 4.94. The van der Waals surface area contributed by atoms with Gasteiger partial charge in [0.1, 0.15) is 17.1 Å². The highest BCUT2D eigenvalue weighted by Gasteiger charge is 2.25. The summed E-state index contributed by atoms with van der Waals surface area (Å²) in [6, 6.07) is 8.11. The van der Waals surface area contributed by atoms with E-state index in [-0.39, 0.29) is 36.1 Å². The van der Waals surface area contributed by atoms with E-state index in [0.717, 1.165) is 56.1 Å². The molecule has 0 spiro atoms. The van der Waals surface area contributed by atoms with Crippen LogP contribution in [-0.4, -0.2) is 57.0 Å². The van der Waals surface area contributed by atoms with Gasteiger partial charge >= 0.3 is 6.09 Å². The van der Waals surface area contributed by atoms with Crippen molar-refractivity contribution in [2.45, 2.75) is 70.6 Å². The number of rotatable bonds is 8. The molecule has 1 fully saturated rings. The topological polar surface area (TPSA) is 93.2 Å². The zero-order valence-electron chi connectivity index (χ0n) is 19.9. The number of halogens is 1. The Labute approximate surface area is 209 Å². The first kappa shape index (κ1) is 28.1. The average molecular weight is 562 g/mol. The maximum absolute atomic E-state index is 11.9. The molecule has 0 radical (unpaired) electrons. The van der Waals surface area contributed by atoms with Gasteiger partial charge in [-0.25, -0.2) is 4.79 Å². The molecule has 8 nitrogen and oxygen atoms in total. The van der Waals surface area contributed by atoms with Gasteiger partial charge in [-0.05, 0) is 65.0 Å². The molecule has 32 heavy (non-hydrogen) atoms. The van der Waals surface area contributed by atoms with E-state index in [9.17, 15) is 4.79 Å². The van der Waals surface area contributed by atoms with Crippen molar-refractivity contribution in [2.75, 3.05) is 27.3 Å². The zero-order valence-corrected chi connectivity index (χ0v) is 22.2. The molecular formula is C23H39IN4O4. The van der Waals surface area contributed by atoms with Crippen LogP contribution in [0.2, 0.25) is 0 Å². The van der Waals surface area contributed by atoms with E-state index in [0.29, 0.717) is 12.6 Å². The number of hydrogen-bond donors (Lipinski definition) is 3. The first-order valence-electron chi connectivity index (χ1n) is 11.0. The Morgan fingerprint density at radius 3 is 2.31 bits per heavy atom. The normalized spacial score (nSPS) is 18.7. The maximum Gasteiger partial charge on any atom is 0.407 e. The van der Waals surface area contributed by atoms with E-state index in [1.165, 1.54) is 0 Å². The Hall–Kier alpha value is -1.91. The molecule has 0 saturated heterocycles. The van der Waals surface area contributed by atoms with Crippen LogP contribution >= 0.6 is 24.0 Å².